The van der Waals surface area contributed by atoms with E-state index in [1.54, 1.807) is 20.8 Å². The first-order chi connectivity index (χ1) is 14.5. The molecule has 2 N–H and O–H groups in total. The van der Waals surface area contributed by atoms with Crippen LogP contribution in [0.5, 0.6) is 0 Å². The Bertz CT molecular complexity index is 1230. The fraction of sp³-hybridized carbons (Fsp3) is 0.476. The summed E-state index contributed by atoms with van der Waals surface area (Å²) in [6.45, 7) is 6.12. The highest BCUT2D eigenvalue weighted by Crippen LogP contribution is 2.65. The predicted octanol–water partition coefficient (Wildman–Crippen LogP) is 3.43. The first-order valence-corrected chi connectivity index (χ1v) is 11.2. The predicted molar refractivity (Wildman–Crippen MR) is 102 cm³/mol. The molecule has 0 aromatic heterocycles. The molecule has 0 heterocycles. The Balaban J connectivity index is 1.87. The molecule has 0 amide bonds. The molecule has 3 aliphatic carbocycles. The largest absolute Gasteiger partial charge is 0.381 e. The van der Waals surface area contributed by atoms with E-state index in [-0.39, 0.29) is 11.1 Å². The molecule has 5 nitrogen and oxygen atoms in total. The lowest BCUT2D eigenvalue weighted by Crippen LogP contribution is -2.51. The summed E-state index contributed by atoms with van der Waals surface area (Å²) >= 11 is 0. The van der Waals surface area contributed by atoms with Crippen molar-refractivity contribution < 1.29 is 40.3 Å². The van der Waals surface area contributed by atoms with E-state index in [2.05, 4.69) is 4.72 Å². The van der Waals surface area contributed by atoms with Gasteiger partial charge in [0.25, 0.3) is 0 Å². The summed E-state index contributed by atoms with van der Waals surface area (Å²) in [5.41, 5.74) is -2.86. The number of sulfonamides is 1. The molecular formula is C21H20F5NO4S. The Hall–Kier alpha value is -2.11. The van der Waals surface area contributed by atoms with Gasteiger partial charge in [-0.15, -0.1) is 0 Å². The van der Waals surface area contributed by atoms with E-state index in [0.29, 0.717) is 18.4 Å². The highest BCUT2D eigenvalue weighted by Gasteiger charge is 2.66. The van der Waals surface area contributed by atoms with Gasteiger partial charge in [-0.25, -0.2) is 35.1 Å². The molecule has 0 saturated heterocycles. The Labute approximate surface area is 181 Å². The van der Waals surface area contributed by atoms with Crippen molar-refractivity contribution in [3.05, 3.63) is 51.9 Å². The van der Waals surface area contributed by atoms with E-state index < -0.39 is 72.3 Å². The maximum absolute atomic E-state index is 14.2. The minimum Gasteiger partial charge on any atom is -0.381 e. The molecule has 1 spiro atoms. The number of fused-ring (bicyclic) bond motifs is 1. The van der Waals surface area contributed by atoms with E-state index in [0.717, 1.165) is 0 Å². The molecule has 3 aliphatic rings. The number of benzene rings is 1. The smallest absolute Gasteiger partial charge is 0.247 e. The van der Waals surface area contributed by atoms with Crippen LogP contribution in [0.2, 0.25) is 0 Å². The van der Waals surface area contributed by atoms with Crippen molar-refractivity contribution in [3.8, 4) is 0 Å². The molecule has 0 aliphatic heterocycles. The van der Waals surface area contributed by atoms with Crippen molar-refractivity contribution in [2.45, 2.75) is 57.1 Å². The topological polar surface area (TPSA) is 83.5 Å². The standard InChI is InChI=1S/C21H20F5NO4S/c1-8-10-9(18(28)20(4,29)21(8)5-6-21)7-19(2,3)17(10)27-32(30,31)16-14(25)12(23)11(22)13(24)15(16)26/h7,17,27,29H,5-6H2,1-4H3/t17-,20-/m0/s1. The molecule has 4 rings (SSSR count). The van der Waals surface area contributed by atoms with Crippen molar-refractivity contribution in [3.63, 3.8) is 0 Å². The second-order valence-electron chi connectivity index (χ2n) is 9.35. The molecule has 174 valence electrons. The Kier molecular flexibility index (Phi) is 4.67. The maximum Gasteiger partial charge on any atom is 0.247 e. The van der Waals surface area contributed by atoms with Crippen LogP contribution in [0, 0.1) is 39.9 Å². The van der Waals surface area contributed by atoms with E-state index in [9.17, 15) is 40.3 Å². The molecule has 0 radical (unpaired) electrons. The number of rotatable bonds is 3. The van der Waals surface area contributed by atoms with E-state index >= 15 is 0 Å². The van der Waals surface area contributed by atoms with Gasteiger partial charge in [0.1, 0.15) is 5.60 Å². The monoisotopic (exact) mass is 477 g/mol. The quantitative estimate of drug-likeness (QED) is 0.397. The molecule has 0 unspecified atom stereocenters. The van der Waals surface area contributed by atoms with Crippen molar-refractivity contribution in [2.75, 3.05) is 0 Å². The number of carbonyl (C=O) groups excluding carboxylic acids is 1. The number of hydrogen-bond donors (Lipinski definition) is 2. The van der Waals surface area contributed by atoms with Crippen molar-refractivity contribution >= 4 is 15.8 Å². The first-order valence-electron chi connectivity index (χ1n) is 9.76. The number of aliphatic hydroxyl groups is 1. The molecule has 1 saturated carbocycles. The van der Waals surface area contributed by atoms with Crippen LogP contribution in [0.15, 0.2) is 27.7 Å². The zero-order valence-corrected chi connectivity index (χ0v) is 18.4. The summed E-state index contributed by atoms with van der Waals surface area (Å²) < 4.78 is 96.9. The fourth-order valence-corrected chi connectivity index (χ4v) is 6.50. The van der Waals surface area contributed by atoms with Crippen LogP contribution in [-0.2, 0) is 14.8 Å². The van der Waals surface area contributed by atoms with Gasteiger partial charge in [-0.1, -0.05) is 25.5 Å². The van der Waals surface area contributed by atoms with Gasteiger partial charge in [0, 0.05) is 16.4 Å². The fourth-order valence-electron chi connectivity index (χ4n) is 5.00. The van der Waals surface area contributed by atoms with Gasteiger partial charge in [0.15, 0.2) is 33.9 Å². The van der Waals surface area contributed by atoms with Gasteiger partial charge in [-0.3, -0.25) is 4.79 Å². The van der Waals surface area contributed by atoms with Crippen LogP contribution >= 0.6 is 0 Å². The minimum atomic E-state index is -5.26. The lowest BCUT2D eigenvalue weighted by Gasteiger charge is -2.40. The Morgan fingerprint density at radius 2 is 1.44 bits per heavy atom. The highest BCUT2D eigenvalue weighted by molar-refractivity contribution is 7.89. The molecule has 1 aromatic carbocycles. The van der Waals surface area contributed by atoms with E-state index in [4.69, 9.17) is 0 Å². The molecule has 11 heteroatoms. The van der Waals surface area contributed by atoms with Gasteiger partial charge in [0.05, 0.1) is 6.04 Å². The summed E-state index contributed by atoms with van der Waals surface area (Å²) in [7, 11) is -5.26. The SMILES string of the molecule is CC1=C2C(=CC(C)(C)[C@H]2NS(=O)(=O)c2c(F)c(F)c(F)c(F)c2F)C(=O)[C@](C)(O)C12CC2. The zero-order chi connectivity index (χ0) is 24.2. The van der Waals surface area contributed by atoms with Gasteiger partial charge in [0.2, 0.25) is 15.8 Å². The highest BCUT2D eigenvalue weighted by atomic mass is 32.2. The van der Waals surface area contributed by atoms with E-state index in [1.165, 1.54) is 13.0 Å². The molecule has 1 aromatic rings. The summed E-state index contributed by atoms with van der Waals surface area (Å²) in [5, 5.41) is 10.9. The van der Waals surface area contributed by atoms with Crippen LogP contribution in [0.1, 0.15) is 40.5 Å². The van der Waals surface area contributed by atoms with Crippen molar-refractivity contribution in [1.29, 1.82) is 0 Å². The number of nitrogens with one attached hydrogen (secondary N) is 1. The maximum atomic E-state index is 14.2. The van der Waals surface area contributed by atoms with Gasteiger partial charge < -0.3 is 5.11 Å². The Morgan fingerprint density at radius 3 is 1.91 bits per heavy atom. The third-order valence-electron chi connectivity index (χ3n) is 7.04. The number of Topliss-reactive ketones (excluding diaryl/α,β-unsaturated/α-hetero) is 1. The van der Waals surface area contributed by atoms with Gasteiger partial charge >= 0.3 is 0 Å². The van der Waals surface area contributed by atoms with Crippen molar-refractivity contribution in [1.82, 2.24) is 4.72 Å². The molecule has 1 fully saturated rings. The van der Waals surface area contributed by atoms with Crippen molar-refractivity contribution in [2.24, 2.45) is 10.8 Å². The van der Waals surface area contributed by atoms with Crippen LogP contribution in [0.4, 0.5) is 22.0 Å². The first kappa shape index (κ1) is 23.1. The average molecular weight is 477 g/mol. The number of halogens is 5. The zero-order valence-electron chi connectivity index (χ0n) is 17.5. The van der Waals surface area contributed by atoms with Crippen LogP contribution in [0.3, 0.4) is 0 Å². The van der Waals surface area contributed by atoms with Gasteiger partial charge in [-0.2, -0.15) is 0 Å². The summed E-state index contributed by atoms with van der Waals surface area (Å²) in [4.78, 5) is 11.0. The normalized spacial score (nSPS) is 28.2. The second-order valence-corrected chi connectivity index (χ2v) is 11.0. The number of carbonyl (C=O) groups is 1. The van der Waals surface area contributed by atoms with Crippen LogP contribution in [-0.4, -0.2) is 31.0 Å². The second kappa shape index (κ2) is 6.48. The molecule has 2 atom stereocenters. The lowest BCUT2D eigenvalue weighted by atomic mass is 9.67. The summed E-state index contributed by atoms with van der Waals surface area (Å²) in [6.07, 6.45) is 2.40. The summed E-state index contributed by atoms with van der Waals surface area (Å²) in [6, 6.07) is -1.24. The molecule has 0 bridgehead atoms. The van der Waals surface area contributed by atoms with Crippen LogP contribution in [0.25, 0.3) is 0 Å². The third-order valence-corrected chi connectivity index (χ3v) is 8.48. The summed E-state index contributed by atoms with van der Waals surface area (Å²) in [5.74, 6) is -12.8. The Morgan fingerprint density at radius 1 is 0.969 bits per heavy atom. The number of hydrogen-bond acceptors (Lipinski definition) is 4. The number of ketones is 1. The average Bonchev–Trinajstić information content (AvgIpc) is 3.45. The molecule has 32 heavy (non-hydrogen) atoms. The van der Waals surface area contributed by atoms with E-state index in [1.807, 2.05) is 0 Å². The lowest BCUT2D eigenvalue weighted by molar-refractivity contribution is -0.137. The van der Waals surface area contributed by atoms with Crippen LogP contribution < -0.4 is 4.72 Å². The minimum absolute atomic E-state index is 0.0696. The molecular weight excluding hydrogens is 457 g/mol. The van der Waals surface area contributed by atoms with Gasteiger partial charge in [-0.05, 0) is 32.3 Å². The third kappa shape index (κ3) is 2.73.